The second kappa shape index (κ2) is 10.8. The molecule has 32 heavy (non-hydrogen) atoms. The van der Waals surface area contributed by atoms with E-state index in [1.165, 1.54) is 6.42 Å². The molecule has 0 unspecified atom stereocenters. The van der Waals surface area contributed by atoms with E-state index in [4.69, 9.17) is 4.74 Å². The van der Waals surface area contributed by atoms with E-state index < -0.39 is 0 Å². The third kappa shape index (κ3) is 6.00. The fourth-order valence-corrected chi connectivity index (χ4v) is 4.61. The molecule has 1 aromatic heterocycles. The molecule has 0 atom stereocenters. The van der Waals surface area contributed by atoms with Crippen molar-refractivity contribution in [2.24, 2.45) is 7.05 Å². The fourth-order valence-electron chi connectivity index (χ4n) is 4.61. The summed E-state index contributed by atoms with van der Waals surface area (Å²) in [5, 5.41) is 0. The lowest BCUT2D eigenvalue weighted by Gasteiger charge is -2.35. The number of carbonyl (C=O) groups excluding carboxylic acids is 2. The Morgan fingerprint density at radius 1 is 0.906 bits per heavy atom. The Morgan fingerprint density at radius 3 is 2.28 bits per heavy atom. The van der Waals surface area contributed by atoms with Gasteiger partial charge in [-0.05, 0) is 43.4 Å². The van der Waals surface area contributed by atoms with Gasteiger partial charge in [-0.3, -0.25) is 9.59 Å². The Morgan fingerprint density at radius 2 is 1.62 bits per heavy atom. The monoisotopic (exact) mass is 437 g/mol. The number of benzene rings is 1. The molecule has 0 saturated heterocycles. The van der Waals surface area contributed by atoms with Crippen LogP contribution in [0.15, 0.2) is 48.7 Å². The Balaban J connectivity index is 1.40. The van der Waals surface area contributed by atoms with Crippen LogP contribution in [0, 0.1) is 0 Å². The molecule has 2 fully saturated rings. The average Bonchev–Trinajstić information content (AvgIpc) is 3.58. The molecule has 2 aromatic rings. The summed E-state index contributed by atoms with van der Waals surface area (Å²) in [5.41, 5.74) is 2.16. The van der Waals surface area contributed by atoms with Gasteiger partial charge in [0.15, 0.2) is 0 Å². The lowest BCUT2D eigenvalue weighted by atomic mass is 9.94. The minimum Gasteiger partial charge on any atom is -0.367 e. The summed E-state index contributed by atoms with van der Waals surface area (Å²) >= 11 is 0. The first-order valence-corrected chi connectivity index (χ1v) is 11.9. The van der Waals surface area contributed by atoms with Crippen molar-refractivity contribution in [3.63, 3.8) is 0 Å². The molecule has 2 saturated carbocycles. The smallest absolute Gasteiger partial charge is 0.249 e. The first-order chi connectivity index (χ1) is 15.6. The molecule has 0 bridgehead atoms. The van der Waals surface area contributed by atoms with Crippen molar-refractivity contribution in [1.29, 1.82) is 0 Å². The summed E-state index contributed by atoms with van der Waals surface area (Å²) < 4.78 is 7.80. The number of ether oxygens (including phenoxy) is 1. The molecule has 2 amide bonds. The normalized spacial score (nSPS) is 16.7. The summed E-state index contributed by atoms with van der Waals surface area (Å²) in [4.78, 5) is 30.4. The van der Waals surface area contributed by atoms with Crippen LogP contribution in [0.4, 0.5) is 0 Å². The molecule has 2 aliphatic rings. The standard InChI is InChI=1S/C26H35N3O3/c1-27-16-8-13-24(27)17-28(23-14-15-23)25(30)18-29(22-11-6-3-7-12-22)26(31)20-32-19-21-9-4-2-5-10-21/h2,4-5,8-10,13,16,22-23H,3,6-7,11-12,14-15,17-20H2,1H3. The molecule has 6 heteroatoms. The topological polar surface area (TPSA) is 54.8 Å². The van der Waals surface area contributed by atoms with E-state index in [9.17, 15) is 9.59 Å². The summed E-state index contributed by atoms with van der Waals surface area (Å²) in [6.07, 6.45) is 9.48. The Labute approximate surface area is 191 Å². The van der Waals surface area contributed by atoms with Crippen LogP contribution < -0.4 is 0 Å². The van der Waals surface area contributed by atoms with Crippen molar-refractivity contribution in [1.82, 2.24) is 14.4 Å². The van der Waals surface area contributed by atoms with Crippen molar-refractivity contribution in [3.05, 3.63) is 59.9 Å². The van der Waals surface area contributed by atoms with E-state index in [1.54, 1.807) is 0 Å². The zero-order chi connectivity index (χ0) is 22.3. The van der Waals surface area contributed by atoms with E-state index in [2.05, 4.69) is 10.6 Å². The van der Waals surface area contributed by atoms with Crippen LogP contribution in [-0.4, -0.2) is 51.4 Å². The molecule has 172 valence electrons. The van der Waals surface area contributed by atoms with Crippen molar-refractivity contribution in [2.75, 3.05) is 13.2 Å². The van der Waals surface area contributed by atoms with Crippen LogP contribution >= 0.6 is 0 Å². The summed E-state index contributed by atoms with van der Waals surface area (Å²) in [6.45, 7) is 1.17. The van der Waals surface area contributed by atoms with Gasteiger partial charge in [-0.25, -0.2) is 0 Å². The molecule has 2 aliphatic carbocycles. The summed E-state index contributed by atoms with van der Waals surface area (Å²) in [5.74, 6) is -0.0218. The second-order valence-electron chi connectivity index (χ2n) is 9.16. The maximum atomic E-state index is 13.4. The SMILES string of the molecule is Cn1cccc1CN(C(=O)CN(C(=O)COCc1ccccc1)C1CCCCC1)C1CC1. The van der Waals surface area contributed by atoms with Gasteiger partial charge >= 0.3 is 0 Å². The minimum atomic E-state index is -0.0733. The maximum absolute atomic E-state index is 13.4. The zero-order valence-electron chi connectivity index (χ0n) is 19.1. The van der Waals surface area contributed by atoms with Crippen LogP contribution in [0.1, 0.15) is 56.2 Å². The molecular weight excluding hydrogens is 402 g/mol. The van der Waals surface area contributed by atoms with Crippen LogP contribution in [0.5, 0.6) is 0 Å². The predicted molar refractivity (Wildman–Crippen MR) is 124 cm³/mol. The van der Waals surface area contributed by atoms with Gasteiger partial charge in [-0.15, -0.1) is 0 Å². The van der Waals surface area contributed by atoms with E-state index >= 15 is 0 Å². The number of carbonyl (C=O) groups is 2. The molecule has 4 rings (SSSR count). The third-order valence-corrected chi connectivity index (χ3v) is 6.67. The van der Waals surface area contributed by atoms with Gasteiger partial charge in [0.2, 0.25) is 11.8 Å². The number of rotatable bonds is 10. The first kappa shape index (κ1) is 22.6. The molecule has 0 radical (unpaired) electrons. The zero-order valence-corrected chi connectivity index (χ0v) is 19.1. The number of nitrogens with zero attached hydrogens (tertiary/aromatic N) is 3. The maximum Gasteiger partial charge on any atom is 0.249 e. The van der Waals surface area contributed by atoms with Crippen LogP contribution in [-0.2, 0) is 34.5 Å². The Hall–Kier alpha value is -2.60. The Bertz CT molecular complexity index is 885. The quantitative estimate of drug-likeness (QED) is 0.567. The van der Waals surface area contributed by atoms with Gasteiger partial charge in [-0.1, -0.05) is 49.6 Å². The van der Waals surface area contributed by atoms with Gasteiger partial charge in [0.1, 0.15) is 13.2 Å². The van der Waals surface area contributed by atoms with E-state index in [-0.39, 0.29) is 31.0 Å². The minimum absolute atomic E-state index is 0.0138. The number of hydrogen-bond acceptors (Lipinski definition) is 3. The molecule has 0 N–H and O–H groups in total. The van der Waals surface area contributed by atoms with Gasteiger partial charge < -0.3 is 19.1 Å². The molecule has 6 nitrogen and oxygen atoms in total. The molecule has 1 aromatic carbocycles. The van der Waals surface area contributed by atoms with Crippen molar-refractivity contribution in [3.8, 4) is 0 Å². The lowest BCUT2D eigenvalue weighted by molar-refractivity contribution is -0.147. The van der Waals surface area contributed by atoms with E-state index in [1.807, 2.05) is 59.4 Å². The molecule has 1 heterocycles. The van der Waals surface area contributed by atoms with Crippen molar-refractivity contribution < 1.29 is 14.3 Å². The van der Waals surface area contributed by atoms with Gasteiger partial charge in [0, 0.05) is 31.0 Å². The summed E-state index contributed by atoms with van der Waals surface area (Å²) in [7, 11) is 2.01. The number of aryl methyl sites for hydroxylation is 1. The highest BCUT2D eigenvalue weighted by Crippen LogP contribution is 2.29. The van der Waals surface area contributed by atoms with E-state index in [0.29, 0.717) is 19.2 Å². The average molecular weight is 438 g/mol. The van der Waals surface area contributed by atoms with Gasteiger partial charge in [-0.2, -0.15) is 0 Å². The molecule has 0 spiro atoms. The van der Waals surface area contributed by atoms with E-state index in [0.717, 1.165) is 49.8 Å². The number of aromatic nitrogens is 1. The highest BCUT2D eigenvalue weighted by Gasteiger charge is 2.35. The van der Waals surface area contributed by atoms with Crippen LogP contribution in [0.2, 0.25) is 0 Å². The highest BCUT2D eigenvalue weighted by atomic mass is 16.5. The first-order valence-electron chi connectivity index (χ1n) is 11.9. The molecular formula is C26H35N3O3. The van der Waals surface area contributed by atoms with Crippen LogP contribution in [0.25, 0.3) is 0 Å². The lowest BCUT2D eigenvalue weighted by Crippen LogP contribution is -2.49. The van der Waals surface area contributed by atoms with Crippen LogP contribution in [0.3, 0.4) is 0 Å². The second-order valence-corrected chi connectivity index (χ2v) is 9.16. The fraction of sp³-hybridized carbons (Fsp3) is 0.538. The number of amides is 2. The van der Waals surface area contributed by atoms with Gasteiger partial charge in [0.05, 0.1) is 13.2 Å². The van der Waals surface area contributed by atoms with Gasteiger partial charge in [0.25, 0.3) is 0 Å². The predicted octanol–water partition coefficient (Wildman–Crippen LogP) is 3.89. The summed E-state index contributed by atoms with van der Waals surface area (Å²) in [6, 6.07) is 14.4. The Kier molecular flexibility index (Phi) is 7.63. The van der Waals surface area contributed by atoms with Crippen molar-refractivity contribution >= 4 is 11.8 Å². The van der Waals surface area contributed by atoms with Crippen molar-refractivity contribution in [2.45, 2.75) is 70.2 Å². The largest absolute Gasteiger partial charge is 0.367 e. The molecule has 0 aliphatic heterocycles. The highest BCUT2D eigenvalue weighted by molar-refractivity contribution is 5.86. The third-order valence-electron chi connectivity index (χ3n) is 6.67. The number of hydrogen-bond donors (Lipinski definition) is 0.